The molecule has 0 unspecified atom stereocenters. The van der Waals surface area contributed by atoms with E-state index in [9.17, 15) is 24.3 Å². The van der Waals surface area contributed by atoms with Crippen molar-refractivity contribution >= 4 is 23.7 Å². The van der Waals surface area contributed by atoms with Gasteiger partial charge in [-0.1, -0.05) is 60.7 Å². The van der Waals surface area contributed by atoms with Crippen molar-refractivity contribution in [3.05, 3.63) is 71.8 Å². The summed E-state index contributed by atoms with van der Waals surface area (Å²) in [6, 6.07) is 15.3. The summed E-state index contributed by atoms with van der Waals surface area (Å²) in [4.78, 5) is 49.8. The first kappa shape index (κ1) is 27.5. The van der Waals surface area contributed by atoms with Crippen molar-refractivity contribution < 1.29 is 24.3 Å². The molecule has 0 saturated carbocycles. The molecule has 2 aromatic carbocycles. The van der Waals surface area contributed by atoms with Crippen LogP contribution in [0.5, 0.6) is 0 Å². The van der Waals surface area contributed by atoms with Gasteiger partial charge in [0.2, 0.25) is 17.7 Å². The molecule has 35 heavy (non-hydrogen) atoms. The van der Waals surface area contributed by atoms with Gasteiger partial charge in [0.1, 0.15) is 18.1 Å². The molecule has 3 amide bonds. The smallest absolute Gasteiger partial charge is 0.326 e. The lowest BCUT2D eigenvalue weighted by Gasteiger charge is -2.24. The number of amides is 3. The van der Waals surface area contributed by atoms with Crippen LogP contribution in [0.2, 0.25) is 0 Å². The van der Waals surface area contributed by atoms with Gasteiger partial charge in [-0.2, -0.15) is 0 Å². The molecule has 0 aliphatic heterocycles. The maximum absolute atomic E-state index is 13.2. The number of carbonyl (C=O) groups is 4. The van der Waals surface area contributed by atoms with E-state index in [0.29, 0.717) is 19.4 Å². The molecule has 0 aromatic heterocycles. The molecule has 0 aliphatic rings. The second-order valence-corrected chi connectivity index (χ2v) is 8.38. The zero-order chi connectivity index (χ0) is 25.6. The SMILES string of the molecule is CC(=O)N[C@H](Cc1ccccc1)C(=O)N[C@H](Cc1ccccc1)C(=O)N[C@H](CCCCN)C(=O)O. The van der Waals surface area contributed by atoms with Crippen LogP contribution in [0.15, 0.2) is 60.7 Å². The third-order valence-corrected chi connectivity index (χ3v) is 5.45. The Kier molecular flexibility index (Phi) is 11.4. The number of carboxylic acids is 1. The number of rotatable bonds is 14. The largest absolute Gasteiger partial charge is 0.480 e. The fourth-order valence-corrected chi connectivity index (χ4v) is 3.66. The molecule has 0 spiro atoms. The van der Waals surface area contributed by atoms with Gasteiger partial charge < -0.3 is 26.8 Å². The number of hydrogen-bond donors (Lipinski definition) is 5. The van der Waals surface area contributed by atoms with Crippen LogP contribution in [-0.4, -0.2) is 53.5 Å². The molecule has 6 N–H and O–H groups in total. The van der Waals surface area contributed by atoms with Crippen LogP contribution in [0.3, 0.4) is 0 Å². The van der Waals surface area contributed by atoms with Crippen molar-refractivity contribution in [3.63, 3.8) is 0 Å². The summed E-state index contributed by atoms with van der Waals surface area (Å²) in [5.41, 5.74) is 7.12. The van der Waals surface area contributed by atoms with E-state index in [1.165, 1.54) is 6.92 Å². The van der Waals surface area contributed by atoms with Gasteiger partial charge in [-0.15, -0.1) is 0 Å². The van der Waals surface area contributed by atoms with E-state index in [1.807, 2.05) is 60.7 Å². The zero-order valence-electron chi connectivity index (χ0n) is 19.9. The lowest BCUT2D eigenvalue weighted by atomic mass is 10.0. The van der Waals surface area contributed by atoms with E-state index in [1.54, 1.807) is 0 Å². The van der Waals surface area contributed by atoms with Crippen LogP contribution in [0, 0.1) is 0 Å². The molecule has 2 aromatic rings. The maximum atomic E-state index is 13.2. The summed E-state index contributed by atoms with van der Waals surface area (Å²) in [5, 5.41) is 17.5. The Morgan fingerprint density at radius 1 is 0.743 bits per heavy atom. The number of carboxylic acid groups (broad SMARTS) is 1. The predicted octanol–water partition coefficient (Wildman–Crippen LogP) is 1.16. The quantitative estimate of drug-likeness (QED) is 0.255. The monoisotopic (exact) mass is 482 g/mol. The van der Waals surface area contributed by atoms with E-state index in [2.05, 4.69) is 16.0 Å². The van der Waals surface area contributed by atoms with Gasteiger partial charge in [-0.25, -0.2) is 4.79 Å². The van der Waals surface area contributed by atoms with E-state index in [-0.39, 0.29) is 25.2 Å². The molecule has 2 rings (SSSR count). The van der Waals surface area contributed by atoms with Crippen LogP contribution in [-0.2, 0) is 32.0 Å². The molecular weight excluding hydrogens is 448 g/mol. The Morgan fingerprint density at radius 3 is 1.63 bits per heavy atom. The highest BCUT2D eigenvalue weighted by molar-refractivity contribution is 5.93. The van der Waals surface area contributed by atoms with Gasteiger partial charge >= 0.3 is 5.97 Å². The van der Waals surface area contributed by atoms with Crippen LogP contribution in [0.1, 0.15) is 37.3 Å². The second-order valence-electron chi connectivity index (χ2n) is 8.38. The molecule has 9 nitrogen and oxygen atoms in total. The Bertz CT molecular complexity index is 968. The van der Waals surface area contributed by atoms with E-state index < -0.39 is 35.9 Å². The molecule has 0 radical (unpaired) electrons. The van der Waals surface area contributed by atoms with E-state index in [4.69, 9.17) is 5.73 Å². The van der Waals surface area contributed by atoms with Crippen molar-refractivity contribution in [3.8, 4) is 0 Å². The highest BCUT2D eigenvalue weighted by Gasteiger charge is 2.29. The van der Waals surface area contributed by atoms with Crippen molar-refractivity contribution in [2.24, 2.45) is 5.73 Å². The van der Waals surface area contributed by atoms with Gasteiger partial charge in [-0.3, -0.25) is 14.4 Å². The maximum Gasteiger partial charge on any atom is 0.326 e. The Morgan fingerprint density at radius 2 is 1.20 bits per heavy atom. The molecule has 9 heteroatoms. The van der Waals surface area contributed by atoms with Gasteiger partial charge in [0.25, 0.3) is 0 Å². The number of benzene rings is 2. The topological polar surface area (TPSA) is 151 Å². The minimum Gasteiger partial charge on any atom is -0.480 e. The minimum atomic E-state index is -1.15. The first-order valence-corrected chi connectivity index (χ1v) is 11.7. The number of nitrogens with two attached hydrogens (primary N) is 1. The third-order valence-electron chi connectivity index (χ3n) is 5.45. The molecule has 0 bridgehead atoms. The van der Waals surface area contributed by atoms with Gasteiger partial charge in [0.15, 0.2) is 0 Å². The standard InChI is InChI=1S/C26H34N4O5/c1-18(31)28-22(16-19-10-4-2-5-11-19)24(32)30-23(17-20-12-6-3-7-13-20)25(33)29-21(26(34)35)14-8-9-15-27/h2-7,10-13,21-23H,8-9,14-17,27H2,1H3,(H,28,31)(H,29,33)(H,30,32)(H,34,35)/t21-,22-,23-/m1/s1. The molecule has 0 fully saturated rings. The number of carbonyl (C=O) groups excluding carboxylic acids is 3. The van der Waals surface area contributed by atoms with Crippen molar-refractivity contribution in [1.82, 2.24) is 16.0 Å². The van der Waals surface area contributed by atoms with Crippen LogP contribution in [0.25, 0.3) is 0 Å². The molecule has 0 aliphatic carbocycles. The van der Waals surface area contributed by atoms with Crippen molar-refractivity contribution in [2.75, 3.05) is 6.54 Å². The van der Waals surface area contributed by atoms with E-state index in [0.717, 1.165) is 11.1 Å². The summed E-state index contributed by atoms with van der Waals surface area (Å²) < 4.78 is 0. The summed E-state index contributed by atoms with van der Waals surface area (Å²) in [5.74, 6) is -2.67. The predicted molar refractivity (Wildman–Crippen MR) is 132 cm³/mol. The highest BCUT2D eigenvalue weighted by Crippen LogP contribution is 2.08. The first-order chi connectivity index (χ1) is 16.8. The molecule has 0 heterocycles. The number of hydrogen-bond acceptors (Lipinski definition) is 5. The summed E-state index contributed by atoms with van der Waals surface area (Å²) in [7, 11) is 0. The third kappa shape index (κ3) is 9.97. The van der Waals surface area contributed by atoms with Crippen LogP contribution >= 0.6 is 0 Å². The zero-order valence-corrected chi connectivity index (χ0v) is 19.9. The average molecular weight is 483 g/mol. The van der Waals surface area contributed by atoms with Crippen molar-refractivity contribution in [1.29, 1.82) is 0 Å². The highest BCUT2D eigenvalue weighted by atomic mass is 16.4. The molecule has 3 atom stereocenters. The normalized spacial score (nSPS) is 13.2. The lowest BCUT2D eigenvalue weighted by molar-refractivity contribution is -0.142. The van der Waals surface area contributed by atoms with Gasteiger partial charge in [-0.05, 0) is 36.9 Å². The van der Waals surface area contributed by atoms with Crippen LogP contribution in [0.4, 0.5) is 0 Å². The van der Waals surface area contributed by atoms with Gasteiger partial charge in [0.05, 0.1) is 0 Å². The lowest BCUT2D eigenvalue weighted by Crippen LogP contribution is -2.56. The Labute approximate surface area is 205 Å². The Hall–Kier alpha value is -3.72. The van der Waals surface area contributed by atoms with Crippen LogP contribution < -0.4 is 21.7 Å². The number of unbranched alkanes of at least 4 members (excludes halogenated alkanes) is 1. The fraction of sp³-hybridized carbons (Fsp3) is 0.385. The summed E-state index contributed by atoms with van der Waals surface area (Å²) >= 11 is 0. The molecular formula is C26H34N4O5. The number of aliphatic carboxylic acids is 1. The molecule has 0 saturated heterocycles. The fourth-order valence-electron chi connectivity index (χ4n) is 3.66. The molecule has 188 valence electrons. The van der Waals surface area contributed by atoms with Crippen molar-refractivity contribution in [2.45, 2.75) is 57.2 Å². The Balaban J connectivity index is 2.20. The minimum absolute atomic E-state index is 0.158. The van der Waals surface area contributed by atoms with E-state index >= 15 is 0 Å². The first-order valence-electron chi connectivity index (χ1n) is 11.7. The second kappa shape index (κ2) is 14.5. The summed E-state index contributed by atoms with van der Waals surface area (Å²) in [6.07, 6.45) is 1.81. The van der Waals surface area contributed by atoms with Gasteiger partial charge in [0, 0.05) is 19.8 Å². The number of nitrogens with one attached hydrogen (secondary N) is 3. The summed E-state index contributed by atoms with van der Waals surface area (Å²) in [6.45, 7) is 1.75. The average Bonchev–Trinajstić information content (AvgIpc) is 2.83.